The Balaban J connectivity index is 1.89. The summed E-state index contributed by atoms with van der Waals surface area (Å²) in [4.78, 5) is 4.19. The molecular weight excluding hydrogens is 208 g/mol. The number of aromatic nitrogens is 1. The van der Waals surface area contributed by atoms with Crippen LogP contribution in [0.2, 0.25) is 0 Å². The van der Waals surface area contributed by atoms with Gasteiger partial charge in [-0.05, 0) is 49.7 Å². The van der Waals surface area contributed by atoms with Crippen molar-refractivity contribution >= 4 is 0 Å². The first-order valence-electron chi connectivity index (χ1n) is 6.82. The Labute approximate surface area is 105 Å². The van der Waals surface area contributed by atoms with E-state index in [9.17, 15) is 0 Å². The number of rotatable bonds is 3. The summed E-state index contributed by atoms with van der Waals surface area (Å²) in [5.41, 5.74) is 1.29. The maximum absolute atomic E-state index is 4.19. The molecule has 1 fully saturated rings. The molecule has 0 amide bonds. The van der Waals surface area contributed by atoms with Crippen molar-refractivity contribution in [2.24, 2.45) is 11.8 Å². The van der Waals surface area contributed by atoms with E-state index in [1.54, 1.807) is 0 Å². The fourth-order valence-corrected chi connectivity index (χ4v) is 2.78. The molecule has 0 spiro atoms. The summed E-state index contributed by atoms with van der Waals surface area (Å²) in [6.45, 7) is 7.00. The van der Waals surface area contributed by atoms with Crippen LogP contribution in [-0.2, 0) is 0 Å². The third-order valence-electron chi connectivity index (χ3n) is 4.27. The first-order valence-corrected chi connectivity index (χ1v) is 6.82. The lowest BCUT2D eigenvalue weighted by atomic mass is 9.79. The van der Waals surface area contributed by atoms with Crippen molar-refractivity contribution in [3.63, 3.8) is 0 Å². The molecule has 0 bridgehead atoms. The Hall–Kier alpha value is -0.890. The molecule has 0 aliphatic heterocycles. The van der Waals surface area contributed by atoms with Crippen LogP contribution in [0.5, 0.6) is 0 Å². The fourth-order valence-electron chi connectivity index (χ4n) is 2.78. The average molecular weight is 232 g/mol. The predicted octanol–water partition coefficient (Wildman–Crippen LogP) is 3.56. The molecule has 1 aromatic rings. The van der Waals surface area contributed by atoms with Gasteiger partial charge in [-0.15, -0.1) is 0 Å². The molecule has 1 aliphatic rings. The van der Waals surface area contributed by atoms with Crippen LogP contribution in [0.25, 0.3) is 0 Å². The van der Waals surface area contributed by atoms with Crippen LogP contribution in [0.1, 0.15) is 51.6 Å². The van der Waals surface area contributed by atoms with E-state index in [1.807, 2.05) is 18.5 Å². The largest absolute Gasteiger partial charge is 0.307 e. The molecule has 3 unspecified atom stereocenters. The Morgan fingerprint density at radius 1 is 1.29 bits per heavy atom. The molecule has 2 rings (SSSR count). The van der Waals surface area contributed by atoms with Crippen LogP contribution in [-0.4, -0.2) is 11.0 Å². The summed E-state index contributed by atoms with van der Waals surface area (Å²) in [5.74, 6) is 1.74. The summed E-state index contributed by atoms with van der Waals surface area (Å²) < 4.78 is 0. The van der Waals surface area contributed by atoms with Crippen molar-refractivity contribution in [3.05, 3.63) is 30.1 Å². The molecular formula is C15H24N2. The van der Waals surface area contributed by atoms with Gasteiger partial charge in [-0.3, -0.25) is 4.98 Å². The van der Waals surface area contributed by atoms with E-state index >= 15 is 0 Å². The Morgan fingerprint density at radius 2 is 2.12 bits per heavy atom. The van der Waals surface area contributed by atoms with E-state index < -0.39 is 0 Å². The lowest BCUT2D eigenvalue weighted by Gasteiger charge is -2.34. The van der Waals surface area contributed by atoms with Crippen LogP contribution >= 0.6 is 0 Å². The number of nitrogens with one attached hydrogen (secondary N) is 1. The third kappa shape index (κ3) is 3.29. The highest BCUT2D eigenvalue weighted by atomic mass is 14.9. The highest BCUT2D eigenvalue weighted by Gasteiger charge is 2.25. The van der Waals surface area contributed by atoms with E-state index in [0.717, 1.165) is 11.8 Å². The predicted molar refractivity (Wildman–Crippen MR) is 71.8 cm³/mol. The molecule has 1 N–H and O–H groups in total. The molecule has 2 heteroatoms. The van der Waals surface area contributed by atoms with Crippen molar-refractivity contribution in [3.8, 4) is 0 Å². The second kappa shape index (κ2) is 5.63. The van der Waals surface area contributed by atoms with Crippen LogP contribution in [0.3, 0.4) is 0 Å². The summed E-state index contributed by atoms with van der Waals surface area (Å²) in [6.07, 6.45) is 7.79. The van der Waals surface area contributed by atoms with Crippen LogP contribution in [0.15, 0.2) is 24.5 Å². The number of nitrogens with zero attached hydrogens (tertiary/aromatic N) is 1. The van der Waals surface area contributed by atoms with Gasteiger partial charge >= 0.3 is 0 Å². The third-order valence-corrected chi connectivity index (χ3v) is 4.27. The minimum atomic E-state index is 0.411. The van der Waals surface area contributed by atoms with E-state index in [1.165, 1.54) is 24.8 Å². The lowest BCUT2D eigenvalue weighted by Crippen LogP contribution is -2.37. The van der Waals surface area contributed by atoms with Crippen molar-refractivity contribution in [2.45, 2.75) is 52.1 Å². The van der Waals surface area contributed by atoms with Gasteiger partial charge in [0.2, 0.25) is 0 Å². The van der Waals surface area contributed by atoms with Crippen LogP contribution in [0, 0.1) is 11.8 Å². The highest BCUT2D eigenvalue weighted by Crippen LogP contribution is 2.30. The lowest BCUT2D eigenvalue weighted by molar-refractivity contribution is 0.217. The van der Waals surface area contributed by atoms with E-state index in [4.69, 9.17) is 0 Å². The van der Waals surface area contributed by atoms with Crippen molar-refractivity contribution in [1.29, 1.82) is 0 Å². The Kier molecular flexibility index (Phi) is 4.16. The molecule has 0 aromatic carbocycles. The monoisotopic (exact) mass is 232 g/mol. The molecule has 0 saturated heterocycles. The molecule has 1 aliphatic carbocycles. The second-order valence-corrected chi connectivity index (χ2v) is 5.64. The zero-order valence-electron chi connectivity index (χ0n) is 11.2. The summed E-state index contributed by atoms with van der Waals surface area (Å²) in [5, 5.41) is 3.75. The smallest absolute Gasteiger partial charge is 0.0315 e. The molecule has 1 aromatic heterocycles. The summed E-state index contributed by atoms with van der Waals surface area (Å²) in [7, 11) is 0. The van der Waals surface area contributed by atoms with E-state index in [2.05, 4.69) is 37.1 Å². The Bertz CT molecular complexity index is 336. The zero-order valence-corrected chi connectivity index (χ0v) is 11.2. The first-order chi connectivity index (χ1) is 8.16. The summed E-state index contributed by atoms with van der Waals surface area (Å²) >= 11 is 0. The number of hydrogen-bond acceptors (Lipinski definition) is 2. The zero-order chi connectivity index (χ0) is 12.3. The standard InChI is InChI=1S/C15H24N2/c1-11-6-7-15(9-12(11)2)17-13(3)14-5-4-8-16-10-14/h4-5,8,10-13,15,17H,6-7,9H2,1-3H3/t11?,12?,13-,15?/m1/s1. The normalized spacial score (nSPS) is 31.1. The maximum atomic E-state index is 4.19. The minimum absolute atomic E-state index is 0.411. The van der Waals surface area contributed by atoms with Crippen LogP contribution in [0.4, 0.5) is 0 Å². The molecule has 17 heavy (non-hydrogen) atoms. The molecule has 94 valence electrons. The molecule has 1 heterocycles. The highest BCUT2D eigenvalue weighted by molar-refractivity contribution is 5.13. The van der Waals surface area contributed by atoms with Gasteiger partial charge in [-0.25, -0.2) is 0 Å². The van der Waals surface area contributed by atoms with Gasteiger partial charge in [-0.2, -0.15) is 0 Å². The van der Waals surface area contributed by atoms with Crippen LogP contribution < -0.4 is 5.32 Å². The molecule has 1 saturated carbocycles. The van der Waals surface area contributed by atoms with Crippen molar-refractivity contribution in [1.82, 2.24) is 10.3 Å². The van der Waals surface area contributed by atoms with E-state index in [-0.39, 0.29) is 0 Å². The molecule has 2 nitrogen and oxygen atoms in total. The van der Waals surface area contributed by atoms with Gasteiger partial charge in [0.05, 0.1) is 0 Å². The van der Waals surface area contributed by atoms with Gasteiger partial charge in [0.25, 0.3) is 0 Å². The summed E-state index contributed by atoms with van der Waals surface area (Å²) in [6, 6.07) is 5.25. The number of pyridine rings is 1. The average Bonchev–Trinajstić information content (AvgIpc) is 2.35. The first kappa shape index (κ1) is 12.6. The number of hydrogen-bond donors (Lipinski definition) is 1. The minimum Gasteiger partial charge on any atom is -0.307 e. The van der Waals surface area contributed by atoms with Crippen molar-refractivity contribution < 1.29 is 0 Å². The topological polar surface area (TPSA) is 24.9 Å². The van der Waals surface area contributed by atoms with Gasteiger partial charge < -0.3 is 5.32 Å². The van der Waals surface area contributed by atoms with E-state index in [0.29, 0.717) is 12.1 Å². The van der Waals surface area contributed by atoms with Gasteiger partial charge in [0.1, 0.15) is 0 Å². The quantitative estimate of drug-likeness (QED) is 0.862. The maximum Gasteiger partial charge on any atom is 0.0315 e. The Morgan fingerprint density at radius 3 is 2.76 bits per heavy atom. The van der Waals surface area contributed by atoms with Gasteiger partial charge in [0.15, 0.2) is 0 Å². The van der Waals surface area contributed by atoms with Gasteiger partial charge in [0, 0.05) is 24.5 Å². The molecule has 4 atom stereocenters. The SMILES string of the molecule is CC1CCC(N[C@H](C)c2cccnc2)CC1C. The molecule has 0 radical (unpaired) electrons. The van der Waals surface area contributed by atoms with Gasteiger partial charge in [-0.1, -0.05) is 19.9 Å². The fraction of sp³-hybridized carbons (Fsp3) is 0.667. The second-order valence-electron chi connectivity index (χ2n) is 5.64. The van der Waals surface area contributed by atoms with Crippen molar-refractivity contribution in [2.75, 3.05) is 0 Å².